The molecule has 0 aliphatic carbocycles. The van der Waals surface area contributed by atoms with E-state index in [1.54, 1.807) is 0 Å². The molecule has 0 N–H and O–H groups in total. The van der Waals surface area contributed by atoms with Gasteiger partial charge in [0.1, 0.15) is 0 Å². The number of aryl methyl sites for hydroxylation is 1. The van der Waals surface area contributed by atoms with E-state index >= 15 is 0 Å². The van der Waals surface area contributed by atoms with Crippen LogP contribution in [0.1, 0.15) is 24.8 Å². The van der Waals surface area contributed by atoms with Crippen LogP contribution in [0, 0.1) is 0 Å². The number of likely N-dealkylation sites (tertiary alicyclic amines) is 1. The Hall–Kier alpha value is -1.25. The van der Waals surface area contributed by atoms with Gasteiger partial charge < -0.3 is 9.47 Å². The van der Waals surface area contributed by atoms with E-state index in [1.165, 1.54) is 19.3 Å². The third kappa shape index (κ3) is 2.61. The van der Waals surface area contributed by atoms with Crippen LogP contribution in [0.25, 0.3) is 0 Å². The molecule has 0 unspecified atom stereocenters. The fraction of sp³-hybridized carbons (Fsp3) is 0.583. The molecule has 1 aliphatic rings. The normalized spacial score (nSPS) is 16.7. The number of hydrogen-bond donors (Lipinski definition) is 0. The summed E-state index contributed by atoms with van der Waals surface area (Å²) in [6.07, 6.45) is 8.16. The second kappa shape index (κ2) is 4.51. The molecule has 0 radical (unpaired) electrons. The number of carbonyl (C=O) groups is 1. The van der Waals surface area contributed by atoms with Crippen molar-refractivity contribution in [2.75, 3.05) is 13.1 Å². The fourth-order valence-corrected chi connectivity index (χ4v) is 2.10. The highest BCUT2D eigenvalue weighted by Crippen LogP contribution is 2.11. The first kappa shape index (κ1) is 10.3. The topological polar surface area (TPSA) is 25.2 Å². The van der Waals surface area contributed by atoms with E-state index in [2.05, 4.69) is 0 Å². The third-order valence-electron chi connectivity index (χ3n) is 2.96. The summed E-state index contributed by atoms with van der Waals surface area (Å²) in [5.41, 5.74) is 1.12. The van der Waals surface area contributed by atoms with Crippen molar-refractivity contribution >= 4 is 5.91 Å². The van der Waals surface area contributed by atoms with Gasteiger partial charge in [0.15, 0.2) is 0 Å². The molecule has 2 heterocycles. The van der Waals surface area contributed by atoms with Gasteiger partial charge >= 0.3 is 0 Å². The minimum Gasteiger partial charge on any atom is -0.357 e. The first-order chi connectivity index (χ1) is 7.25. The van der Waals surface area contributed by atoms with Crippen LogP contribution in [-0.2, 0) is 18.3 Å². The Morgan fingerprint density at radius 3 is 2.67 bits per heavy atom. The van der Waals surface area contributed by atoms with Gasteiger partial charge in [0.2, 0.25) is 5.91 Å². The van der Waals surface area contributed by atoms with Gasteiger partial charge in [-0.15, -0.1) is 0 Å². The Kier molecular flexibility index (Phi) is 3.09. The number of amides is 1. The second-order valence-corrected chi connectivity index (χ2v) is 4.30. The Labute approximate surface area is 90.7 Å². The molecule has 3 nitrogen and oxygen atoms in total. The maximum atomic E-state index is 11.9. The van der Waals surface area contributed by atoms with E-state index in [9.17, 15) is 4.79 Å². The van der Waals surface area contributed by atoms with Crippen LogP contribution in [0.5, 0.6) is 0 Å². The molecule has 0 aromatic carbocycles. The van der Waals surface area contributed by atoms with Crippen LogP contribution in [0.2, 0.25) is 0 Å². The molecule has 1 aliphatic heterocycles. The van der Waals surface area contributed by atoms with Gasteiger partial charge in [-0.2, -0.15) is 0 Å². The number of piperidine rings is 1. The van der Waals surface area contributed by atoms with Gasteiger partial charge in [-0.1, -0.05) is 0 Å². The van der Waals surface area contributed by atoms with E-state index in [1.807, 2.05) is 35.0 Å². The molecule has 82 valence electrons. The van der Waals surface area contributed by atoms with Crippen molar-refractivity contribution in [2.24, 2.45) is 7.05 Å². The standard InChI is InChI=1S/C12H18N2O/c1-13-8-5-11(10-13)9-12(15)14-6-3-2-4-7-14/h5,8,10H,2-4,6-7,9H2,1H3. The zero-order valence-electron chi connectivity index (χ0n) is 9.28. The SMILES string of the molecule is Cn1ccc(CC(=O)N2CCCCC2)c1. The van der Waals surface area contributed by atoms with E-state index in [4.69, 9.17) is 0 Å². The van der Waals surface area contributed by atoms with Crippen molar-refractivity contribution in [2.45, 2.75) is 25.7 Å². The smallest absolute Gasteiger partial charge is 0.227 e. The van der Waals surface area contributed by atoms with Crippen LogP contribution < -0.4 is 0 Å². The molecule has 2 rings (SSSR count). The highest BCUT2D eigenvalue weighted by atomic mass is 16.2. The number of carbonyl (C=O) groups excluding carboxylic acids is 1. The van der Waals surface area contributed by atoms with Crippen LogP contribution in [0.3, 0.4) is 0 Å². The molecule has 0 spiro atoms. The molecular weight excluding hydrogens is 188 g/mol. The summed E-state index contributed by atoms with van der Waals surface area (Å²) in [7, 11) is 1.98. The highest BCUT2D eigenvalue weighted by molar-refractivity contribution is 5.78. The number of nitrogens with zero attached hydrogens (tertiary/aromatic N) is 2. The maximum absolute atomic E-state index is 11.9. The molecule has 0 bridgehead atoms. The van der Waals surface area contributed by atoms with Crippen LogP contribution in [-0.4, -0.2) is 28.5 Å². The van der Waals surface area contributed by atoms with Gasteiger partial charge in [-0.05, 0) is 30.9 Å². The minimum atomic E-state index is 0.279. The van der Waals surface area contributed by atoms with Gasteiger partial charge in [0, 0.05) is 32.5 Å². The molecule has 15 heavy (non-hydrogen) atoms. The lowest BCUT2D eigenvalue weighted by Gasteiger charge is -2.26. The van der Waals surface area contributed by atoms with Crippen molar-refractivity contribution < 1.29 is 4.79 Å². The quantitative estimate of drug-likeness (QED) is 0.721. The summed E-state index contributed by atoms with van der Waals surface area (Å²) < 4.78 is 1.98. The first-order valence-corrected chi connectivity index (χ1v) is 5.64. The van der Waals surface area contributed by atoms with Crippen LogP contribution >= 0.6 is 0 Å². The zero-order valence-corrected chi connectivity index (χ0v) is 9.28. The summed E-state index contributed by atoms with van der Waals surface area (Å²) in [6, 6.07) is 2.02. The van der Waals surface area contributed by atoms with Gasteiger partial charge in [0.05, 0.1) is 6.42 Å². The lowest BCUT2D eigenvalue weighted by atomic mass is 10.1. The summed E-state index contributed by atoms with van der Waals surface area (Å²) >= 11 is 0. The predicted octanol–water partition coefficient (Wildman–Crippen LogP) is 1.58. The molecule has 0 atom stereocenters. The third-order valence-corrected chi connectivity index (χ3v) is 2.96. The predicted molar refractivity (Wildman–Crippen MR) is 59.5 cm³/mol. The Balaban J connectivity index is 1.91. The van der Waals surface area contributed by atoms with Gasteiger partial charge in [0.25, 0.3) is 0 Å². The van der Waals surface area contributed by atoms with Crippen molar-refractivity contribution in [3.05, 3.63) is 24.0 Å². The number of rotatable bonds is 2. The molecular formula is C12H18N2O. The second-order valence-electron chi connectivity index (χ2n) is 4.30. The summed E-state index contributed by atoms with van der Waals surface area (Å²) in [5, 5.41) is 0. The van der Waals surface area contributed by atoms with Crippen LogP contribution in [0.4, 0.5) is 0 Å². The van der Waals surface area contributed by atoms with Crippen LogP contribution in [0.15, 0.2) is 18.5 Å². The molecule has 1 fully saturated rings. The average Bonchev–Trinajstić information content (AvgIpc) is 2.65. The lowest BCUT2D eigenvalue weighted by molar-refractivity contribution is -0.131. The fourth-order valence-electron chi connectivity index (χ4n) is 2.10. The molecule has 1 amide bonds. The maximum Gasteiger partial charge on any atom is 0.227 e. The van der Waals surface area contributed by atoms with Crippen molar-refractivity contribution in [1.29, 1.82) is 0 Å². The van der Waals surface area contributed by atoms with Gasteiger partial charge in [-0.3, -0.25) is 4.79 Å². The molecule has 3 heteroatoms. The summed E-state index contributed by atoms with van der Waals surface area (Å²) in [4.78, 5) is 13.9. The Morgan fingerprint density at radius 2 is 2.07 bits per heavy atom. The van der Waals surface area contributed by atoms with E-state index in [-0.39, 0.29) is 5.91 Å². The van der Waals surface area contributed by atoms with E-state index < -0.39 is 0 Å². The average molecular weight is 206 g/mol. The van der Waals surface area contributed by atoms with E-state index in [0.29, 0.717) is 6.42 Å². The lowest BCUT2D eigenvalue weighted by Crippen LogP contribution is -2.36. The Morgan fingerprint density at radius 1 is 1.33 bits per heavy atom. The van der Waals surface area contributed by atoms with Gasteiger partial charge in [-0.25, -0.2) is 0 Å². The van der Waals surface area contributed by atoms with Crippen molar-refractivity contribution in [1.82, 2.24) is 9.47 Å². The minimum absolute atomic E-state index is 0.279. The molecule has 1 aromatic rings. The molecule has 0 saturated carbocycles. The summed E-state index contributed by atoms with van der Waals surface area (Å²) in [6.45, 7) is 1.90. The monoisotopic (exact) mass is 206 g/mol. The Bertz CT molecular complexity index is 337. The first-order valence-electron chi connectivity index (χ1n) is 5.64. The van der Waals surface area contributed by atoms with Crippen molar-refractivity contribution in [3.63, 3.8) is 0 Å². The molecule has 1 aromatic heterocycles. The van der Waals surface area contributed by atoms with Crippen molar-refractivity contribution in [3.8, 4) is 0 Å². The largest absolute Gasteiger partial charge is 0.357 e. The number of hydrogen-bond acceptors (Lipinski definition) is 1. The zero-order chi connectivity index (χ0) is 10.7. The van der Waals surface area contributed by atoms with E-state index in [0.717, 1.165) is 18.7 Å². The molecule has 1 saturated heterocycles. The highest BCUT2D eigenvalue weighted by Gasteiger charge is 2.16. The number of aromatic nitrogens is 1. The summed E-state index contributed by atoms with van der Waals surface area (Å²) in [5.74, 6) is 0.279.